The van der Waals surface area contributed by atoms with E-state index in [0.29, 0.717) is 10.7 Å². The summed E-state index contributed by atoms with van der Waals surface area (Å²) in [5.74, 6) is 0. The highest BCUT2D eigenvalue weighted by Crippen LogP contribution is 2.28. The number of halogens is 1. The van der Waals surface area contributed by atoms with Crippen LogP contribution in [-0.2, 0) is 0 Å². The SMILES string of the molecule is CSc1ccc(Cl)cc1NC(=O)NC(C)c1ccccc1. The summed E-state index contributed by atoms with van der Waals surface area (Å²) in [5, 5.41) is 6.36. The van der Waals surface area contributed by atoms with Gasteiger partial charge in [-0.2, -0.15) is 0 Å². The monoisotopic (exact) mass is 320 g/mol. The van der Waals surface area contributed by atoms with Crippen LogP contribution in [-0.4, -0.2) is 12.3 Å². The molecule has 0 saturated carbocycles. The Bertz CT molecular complexity index is 619. The average Bonchev–Trinajstić information content (AvgIpc) is 2.48. The van der Waals surface area contributed by atoms with Crippen LogP contribution in [0.5, 0.6) is 0 Å². The standard InChI is InChI=1S/C16H17ClN2OS/c1-11(12-6-4-3-5-7-12)18-16(20)19-14-10-13(17)8-9-15(14)21-2/h3-11H,1-2H3,(H2,18,19,20). The molecule has 2 aromatic carbocycles. The summed E-state index contributed by atoms with van der Waals surface area (Å²) in [7, 11) is 0. The van der Waals surface area contributed by atoms with Crippen molar-refractivity contribution in [3.63, 3.8) is 0 Å². The van der Waals surface area contributed by atoms with Gasteiger partial charge in [-0.3, -0.25) is 0 Å². The van der Waals surface area contributed by atoms with E-state index in [1.165, 1.54) is 0 Å². The minimum atomic E-state index is -0.246. The molecule has 1 atom stereocenters. The number of urea groups is 1. The molecule has 0 aromatic heterocycles. The molecule has 0 aliphatic rings. The van der Waals surface area contributed by atoms with Gasteiger partial charge in [-0.1, -0.05) is 41.9 Å². The number of hydrogen-bond donors (Lipinski definition) is 2. The summed E-state index contributed by atoms with van der Waals surface area (Å²) in [6.07, 6.45) is 1.96. The van der Waals surface area contributed by atoms with Gasteiger partial charge >= 0.3 is 6.03 Å². The van der Waals surface area contributed by atoms with Gasteiger partial charge in [-0.15, -0.1) is 11.8 Å². The highest BCUT2D eigenvalue weighted by atomic mass is 35.5. The molecule has 21 heavy (non-hydrogen) atoms. The number of amides is 2. The van der Waals surface area contributed by atoms with Gasteiger partial charge in [0, 0.05) is 9.92 Å². The highest BCUT2D eigenvalue weighted by Gasteiger charge is 2.11. The van der Waals surface area contributed by atoms with Gasteiger partial charge in [-0.05, 0) is 36.9 Å². The van der Waals surface area contributed by atoms with Gasteiger partial charge in [0.25, 0.3) is 0 Å². The van der Waals surface area contributed by atoms with Crippen LogP contribution in [0.15, 0.2) is 53.4 Å². The Hall–Kier alpha value is -1.65. The number of rotatable bonds is 4. The zero-order valence-corrected chi connectivity index (χ0v) is 13.5. The van der Waals surface area contributed by atoms with E-state index >= 15 is 0 Å². The fourth-order valence-corrected chi connectivity index (χ4v) is 2.66. The lowest BCUT2D eigenvalue weighted by Gasteiger charge is -2.16. The fraction of sp³-hybridized carbons (Fsp3) is 0.188. The fourth-order valence-electron chi connectivity index (χ4n) is 1.96. The number of thioether (sulfide) groups is 1. The molecule has 0 bridgehead atoms. The predicted molar refractivity (Wildman–Crippen MR) is 90.2 cm³/mol. The molecule has 3 nitrogen and oxygen atoms in total. The first-order valence-electron chi connectivity index (χ1n) is 6.56. The molecule has 0 spiro atoms. The molecule has 0 aliphatic carbocycles. The van der Waals surface area contributed by atoms with Crippen molar-refractivity contribution >= 4 is 35.1 Å². The highest BCUT2D eigenvalue weighted by molar-refractivity contribution is 7.98. The van der Waals surface area contributed by atoms with E-state index in [1.54, 1.807) is 17.8 Å². The number of benzene rings is 2. The molecule has 0 aliphatic heterocycles. The van der Waals surface area contributed by atoms with Gasteiger partial charge < -0.3 is 10.6 Å². The minimum absolute atomic E-state index is 0.0666. The summed E-state index contributed by atoms with van der Waals surface area (Å²) in [6, 6.07) is 15.0. The second-order valence-corrected chi connectivity index (χ2v) is 5.86. The number of nitrogens with one attached hydrogen (secondary N) is 2. The molecule has 0 saturated heterocycles. The Morgan fingerprint density at radius 3 is 2.57 bits per heavy atom. The lowest BCUT2D eigenvalue weighted by atomic mass is 10.1. The van der Waals surface area contributed by atoms with Crippen LogP contribution in [0.2, 0.25) is 5.02 Å². The van der Waals surface area contributed by atoms with Crippen molar-refractivity contribution in [3.05, 3.63) is 59.1 Å². The quantitative estimate of drug-likeness (QED) is 0.783. The molecule has 2 aromatic rings. The summed E-state index contributed by atoms with van der Waals surface area (Å²) in [4.78, 5) is 13.1. The molecule has 0 heterocycles. The number of carbonyl (C=O) groups excluding carboxylic acids is 1. The third kappa shape index (κ3) is 4.41. The van der Waals surface area contributed by atoms with Gasteiger partial charge in [0.2, 0.25) is 0 Å². The topological polar surface area (TPSA) is 41.1 Å². The lowest BCUT2D eigenvalue weighted by molar-refractivity contribution is 0.249. The third-order valence-corrected chi connectivity index (χ3v) is 4.09. The summed E-state index contributed by atoms with van der Waals surface area (Å²) in [5.41, 5.74) is 1.77. The van der Waals surface area contributed by atoms with Crippen molar-refractivity contribution in [1.82, 2.24) is 5.32 Å². The number of anilines is 1. The van der Waals surface area contributed by atoms with Crippen LogP contribution in [0.25, 0.3) is 0 Å². The van der Waals surface area contributed by atoms with Crippen molar-refractivity contribution in [1.29, 1.82) is 0 Å². The Kier molecular flexibility index (Phi) is 5.53. The molecule has 0 fully saturated rings. The third-order valence-electron chi connectivity index (χ3n) is 3.06. The van der Waals surface area contributed by atoms with Crippen LogP contribution in [0, 0.1) is 0 Å². The normalized spacial score (nSPS) is 11.8. The van der Waals surface area contributed by atoms with Gasteiger partial charge in [0.15, 0.2) is 0 Å². The molecule has 2 amide bonds. The summed E-state index contributed by atoms with van der Waals surface area (Å²) < 4.78 is 0. The van der Waals surface area contributed by atoms with Crippen LogP contribution in [0.1, 0.15) is 18.5 Å². The van der Waals surface area contributed by atoms with E-state index in [1.807, 2.05) is 55.6 Å². The number of carbonyl (C=O) groups is 1. The molecule has 1 unspecified atom stereocenters. The Morgan fingerprint density at radius 1 is 1.19 bits per heavy atom. The Labute approximate surface area is 134 Å². The maximum absolute atomic E-state index is 12.1. The average molecular weight is 321 g/mol. The molecule has 5 heteroatoms. The lowest BCUT2D eigenvalue weighted by Crippen LogP contribution is -2.31. The van der Waals surface area contributed by atoms with Gasteiger partial charge in [0.05, 0.1) is 11.7 Å². The second kappa shape index (κ2) is 7.38. The molecular formula is C16H17ClN2OS. The first-order valence-corrected chi connectivity index (χ1v) is 8.16. The van der Waals surface area contributed by atoms with Crippen molar-refractivity contribution in [2.24, 2.45) is 0 Å². The van der Waals surface area contributed by atoms with E-state index in [-0.39, 0.29) is 12.1 Å². The van der Waals surface area contributed by atoms with Crippen molar-refractivity contribution < 1.29 is 4.79 Å². The maximum atomic E-state index is 12.1. The van der Waals surface area contributed by atoms with E-state index in [4.69, 9.17) is 11.6 Å². The van der Waals surface area contributed by atoms with Crippen LogP contribution in [0.3, 0.4) is 0 Å². The smallest absolute Gasteiger partial charge is 0.319 e. The zero-order chi connectivity index (χ0) is 15.2. The van der Waals surface area contributed by atoms with E-state index in [0.717, 1.165) is 10.5 Å². The largest absolute Gasteiger partial charge is 0.331 e. The van der Waals surface area contributed by atoms with Crippen LogP contribution >= 0.6 is 23.4 Å². The summed E-state index contributed by atoms with van der Waals surface area (Å²) >= 11 is 7.54. The first-order chi connectivity index (χ1) is 10.1. The van der Waals surface area contributed by atoms with Gasteiger partial charge in [0.1, 0.15) is 0 Å². The maximum Gasteiger partial charge on any atom is 0.319 e. The zero-order valence-electron chi connectivity index (χ0n) is 11.9. The van der Waals surface area contributed by atoms with Crippen molar-refractivity contribution in [2.45, 2.75) is 17.9 Å². The second-order valence-electron chi connectivity index (χ2n) is 4.58. The molecule has 110 valence electrons. The number of hydrogen-bond acceptors (Lipinski definition) is 2. The Balaban J connectivity index is 2.04. The molecular weight excluding hydrogens is 304 g/mol. The molecule has 0 radical (unpaired) electrons. The Morgan fingerprint density at radius 2 is 1.90 bits per heavy atom. The minimum Gasteiger partial charge on any atom is -0.331 e. The summed E-state index contributed by atoms with van der Waals surface area (Å²) in [6.45, 7) is 1.95. The van der Waals surface area contributed by atoms with Crippen molar-refractivity contribution in [2.75, 3.05) is 11.6 Å². The predicted octanol–water partition coefficient (Wildman–Crippen LogP) is 4.94. The van der Waals surface area contributed by atoms with E-state index in [2.05, 4.69) is 10.6 Å². The van der Waals surface area contributed by atoms with E-state index < -0.39 is 0 Å². The first kappa shape index (κ1) is 15.7. The van der Waals surface area contributed by atoms with Crippen molar-refractivity contribution in [3.8, 4) is 0 Å². The van der Waals surface area contributed by atoms with Crippen LogP contribution < -0.4 is 10.6 Å². The van der Waals surface area contributed by atoms with E-state index in [9.17, 15) is 4.79 Å². The van der Waals surface area contributed by atoms with Gasteiger partial charge in [-0.25, -0.2) is 4.79 Å². The van der Waals surface area contributed by atoms with Crippen LogP contribution in [0.4, 0.5) is 10.5 Å². The molecule has 2 N–H and O–H groups in total. The molecule has 2 rings (SSSR count).